The first-order valence-electron chi connectivity index (χ1n) is 7.94. The fourth-order valence-electron chi connectivity index (χ4n) is 2.64. The van der Waals surface area contributed by atoms with Crippen LogP contribution in [0, 0.1) is 5.92 Å². The highest BCUT2D eigenvalue weighted by atomic mass is 16.6. The maximum Gasteiger partial charge on any atom is 0.405 e. The van der Waals surface area contributed by atoms with Crippen LogP contribution < -0.4 is 11.1 Å². The molecular weight excluding hydrogens is 312 g/mol. The molecule has 0 aromatic heterocycles. The van der Waals surface area contributed by atoms with Crippen LogP contribution in [0.2, 0.25) is 0 Å². The van der Waals surface area contributed by atoms with E-state index in [1.165, 1.54) is 0 Å². The molecule has 2 rings (SSSR count). The Kier molecular flexibility index (Phi) is 6.74. The summed E-state index contributed by atoms with van der Waals surface area (Å²) in [6.07, 6.45) is -0.483. The normalized spacial score (nSPS) is 18.5. The molecule has 1 aliphatic heterocycles. The molecule has 1 aliphatic rings. The van der Waals surface area contributed by atoms with Crippen molar-refractivity contribution < 1.29 is 23.9 Å². The minimum Gasteiger partial charge on any atom is -0.438 e. The van der Waals surface area contributed by atoms with E-state index < -0.39 is 18.0 Å². The second-order valence-electron chi connectivity index (χ2n) is 5.74. The number of amides is 2. The number of carbonyl (C=O) groups excluding carboxylic acids is 3. The molecule has 1 saturated heterocycles. The van der Waals surface area contributed by atoms with Crippen LogP contribution in [-0.2, 0) is 25.7 Å². The average molecular weight is 334 g/mol. The molecule has 1 aromatic rings. The molecule has 0 bridgehead atoms. The highest BCUT2D eigenvalue weighted by Crippen LogP contribution is 2.19. The maximum atomic E-state index is 12.3. The van der Waals surface area contributed by atoms with Gasteiger partial charge in [0.25, 0.3) is 0 Å². The largest absolute Gasteiger partial charge is 0.438 e. The highest BCUT2D eigenvalue weighted by Gasteiger charge is 2.31. The van der Waals surface area contributed by atoms with Crippen molar-refractivity contribution >= 4 is 17.8 Å². The molecule has 7 heteroatoms. The average Bonchev–Trinajstić information content (AvgIpc) is 2.56. The van der Waals surface area contributed by atoms with E-state index in [4.69, 9.17) is 15.2 Å². The molecule has 3 N–H and O–H groups in total. The van der Waals surface area contributed by atoms with Gasteiger partial charge in [0.05, 0.1) is 6.61 Å². The smallest absolute Gasteiger partial charge is 0.405 e. The molecule has 24 heavy (non-hydrogen) atoms. The van der Waals surface area contributed by atoms with Gasteiger partial charge in [0.15, 0.2) is 11.9 Å². The number of ketones is 1. The first-order valence-corrected chi connectivity index (χ1v) is 7.94. The quantitative estimate of drug-likeness (QED) is 0.741. The van der Waals surface area contributed by atoms with Crippen molar-refractivity contribution in [2.24, 2.45) is 11.7 Å². The van der Waals surface area contributed by atoms with Crippen molar-refractivity contribution in [2.45, 2.75) is 32.0 Å². The van der Waals surface area contributed by atoms with Crippen LogP contribution in [0.4, 0.5) is 4.79 Å². The Labute approximate surface area is 140 Å². The van der Waals surface area contributed by atoms with Gasteiger partial charge in [-0.15, -0.1) is 0 Å². The fourth-order valence-corrected chi connectivity index (χ4v) is 2.64. The number of hydrogen-bond donors (Lipinski definition) is 2. The van der Waals surface area contributed by atoms with Crippen LogP contribution in [0.25, 0.3) is 0 Å². The molecule has 2 atom stereocenters. The Balaban J connectivity index is 1.87. The standard InChI is InChI=1S/C17H22N2O5/c18-17(22)24-15(9-13-7-4-8-19-16(13)21)14(20)11-23-10-12-5-2-1-3-6-12/h1-3,5-6,13,15H,4,7-11H2,(H2,18,22)(H,19,21)/t13-,15-/m0/s1. The Morgan fingerprint density at radius 2 is 2.04 bits per heavy atom. The number of benzene rings is 1. The molecule has 7 nitrogen and oxygen atoms in total. The van der Waals surface area contributed by atoms with Gasteiger partial charge in [-0.2, -0.15) is 0 Å². The summed E-state index contributed by atoms with van der Waals surface area (Å²) in [6.45, 7) is 0.700. The van der Waals surface area contributed by atoms with Crippen LogP contribution in [0.15, 0.2) is 30.3 Å². The molecular formula is C17H22N2O5. The van der Waals surface area contributed by atoms with Crippen LogP contribution >= 0.6 is 0 Å². The zero-order valence-electron chi connectivity index (χ0n) is 13.4. The fraction of sp³-hybridized carbons (Fsp3) is 0.471. The summed E-state index contributed by atoms with van der Waals surface area (Å²) in [5, 5.41) is 2.74. The van der Waals surface area contributed by atoms with Gasteiger partial charge in [0.1, 0.15) is 6.61 Å². The second-order valence-corrected chi connectivity index (χ2v) is 5.74. The zero-order valence-corrected chi connectivity index (χ0v) is 13.4. The molecule has 130 valence electrons. The van der Waals surface area contributed by atoms with Crippen LogP contribution in [0.3, 0.4) is 0 Å². The first kappa shape index (κ1) is 17.9. The SMILES string of the molecule is NC(=O)O[C@@H](C[C@@H]1CCCNC1=O)C(=O)COCc1ccccc1. The Hall–Kier alpha value is -2.41. The lowest BCUT2D eigenvalue weighted by Crippen LogP contribution is -2.41. The van der Waals surface area contributed by atoms with E-state index >= 15 is 0 Å². The van der Waals surface area contributed by atoms with Crippen molar-refractivity contribution in [1.29, 1.82) is 0 Å². The van der Waals surface area contributed by atoms with E-state index in [1.807, 2.05) is 30.3 Å². The first-order chi connectivity index (χ1) is 11.6. The second kappa shape index (κ2) is 9.02. The van der Waals surface area contributed by atoms with Gasteiger partial charge in [-0.25, -0.2) is 4.79 Å². The molecule has 0 radical (unpaired) electrons. The topological polar surface area (TPSA) is 108 Å². The van der Waals surface area contributed by atoms with E-state index in [0.717, 1.165) is 12.0 Å². The number of nitrogens with one attached hydrogen (secondary N) is 1. The molecule has 2 amide bonds. The van der Waals surface area contributed by atoms with Gasteiger partial charge in [-0.05, 0) is 18.4 Å². The predicted molar refractivity (Wildman–Crippen MR) is 85.9 cm³/mol. The summed E-state index contributed by atoms with van der Waals surface area (Å²) in [5.74, 6) is -0.887. The summed E-state index contributed by atoms with van der Waals surface area (Å²) in [4.78, 5) is 35.1. The lowest BCUT2D eigenvalue weighted by molar-refractivity contribution is -0.135. The molecule has 1 heterocycles. The van der Waals surface area contributed by atoms with E-state index in [2.05, 4.69) is 5.32 Å². The number of Topliss-reactive ketones (excluding diaryl/α,β-unsaturated/α-hetero) is 1. The summed E-state index contributed by atoms with van der Waals surface area (Å²) in [7, 11) is 0. The van der Waals surface area contributed by atoms with Gasteiger partial charge >= 0.3 is 6.09 Å². The summed E-state index contributed by atoms with van der Waals surface area (Å²) < 4.78 is 10.3. The van der Waals surface area contributed by atoms with Crippen molar-refractivity contribution in [3.8, 4) is 0 Å². The van der Waals surface area contributed by atoms with Crippen LogP contribution in [0.5, 0.6) is 0 Å². The highest BCUT2D eigenvalue weighted by molar-refractivity contribution is 5.87. The number of carbonyl (C=O) groups is 3. The Morgan fingerprint density at radius 3 is 2.71 bits per heavy atom. The van der Waals surface area contributed by atoms with Crippen molar-refractivity contribution in [3.05, 3.63) is 35.9 Å². The summed E-state index contributed by atoms with van der Waals surface area (Å²) in [5.41, 5.74) is 5.97. The third-order valence-corrected chi connectivity index (χ3v) is 3.87. The van der Waals surface area contributed by atoms with Gasteiger partial charge < -0.3 is 20.5 Å². The predicted octanol–water partition coefficient (Wildman–Crippen LogP) is 1.15. The van der Waals surface area contributed by atoms with E-state index in [1.54, 1.807) is 0 Å². The molecule has 0 unspecified atom stereocenters. The third kappa shape index (κ3) is 5.66. The van der Waals surface area contributed by atoms with Crippen LogP contribution in [-0.4, -0.2) is 37.0 Å². The molecule has 1 fully saturated rings. The Morgan fingerprint density at radius 1 is 1.29 bits per heavy atom. The van der Waals surface area contributed by atoms with Gasteiger partial charge in [-0.3, -0.25) is 9.59 Å². The summed E-state index contributed by atoms with van der Waals surface area (Å²) >= 11 is 0. The lowest BCUT2D eigenvalue weighted by Gasteiger charge is -2.25. The van der Waals surface area contributed by atoms with Crippen LogP contribution in [0.1, 0.15) is 24.8 Å². The molecule has 0 aliphatic carbocycles. The monoisotopic (exact) mass is 334 g/mol. The van der Waals surface area contributed by atoms with Crippen molar-refractivity contribution in [2.75, 3.05) is 13.2 Å². The number of primary amides is 1. The Bertz CT molecular complexity index is 576. The molecule has 0 spiro atoms. The van der Waals surface area contributed by atoms with Crippen molar-refractivity contribution in [3.63, 3.8) is 0 Å². The number of ether oxygens (including phenoxy) is 2. The van der Waals surface area contributed by atoms with Crippen molar-refractivity contribution in [1.82, 2.24) is 5.32 Å². The van der Waals surface area contributed by atoms with Gasteiger partial charge in [0.2, 0.25) is 5.91 Å². The number of hydrogen-bond acceptors (Lipinski definition) is 5. The zero-order chi connectivity index (χ0) is 17.4. The van der Waals surface area contributed by atoms with E-state index in [0.29, 0.717) is 13.0 Å². The third-order valence-electron chi connectivity index (χ3n) is 3.87. The minimum atomic E-state index is -1.06. The number of piperidine rings is 1. The lowest BCUT2D eigenvalue weighted by atomic mass is 9.91. The molecule has 1 aromatic carbocycles. The number of nitrogens with two attached hydrogens (primary N) is 1. The molecule has 0 saturated carbocycles. The van der Waals surface area contributed by atoms with Gasteiger partial charge in [-0.1, -0.05) is 30.3 Å². The van der Waals surface area contributed by atoms with E-state index in [-0.39, 0.29) is 31.5 Å². The van der Waals surface area contributed by atoms with E-state index in [9.17, 15) is 14.4 Å². The maximum absolute atomic E-state index is 12.3. The summed E-state index contributed by atoms with van der Waals surface area (Å²) in [6, 6.07) is 9.41. The van der Waals surface area contributed by atoms with Gasteiger partial charge in [0, 0.05) is 18.9 Å². The minimum absolute atomic E-state index is 0.127. The number of rotatable bonds is 8.